The van der Waals surface area contributed by atoms with Crippen LogP contribution in [0.2, 0.25) is 0 Å². The number of benzene rings is 1. The van der Waals surface area contributed by atoms with Crippen LogP contribution in [0.1, 0.15) is 12.0 Å². The molecular weight excluding hydrogens is 244 g/mol. The molecule has 5 nitrogen and oxygen atoms in total. The molecule has 1 aromatic carbocycles. The molecule has 104 valence electrons. The van der Waals surface area contributed by atoms with E-state index in [-0.39, 0.29) is 11.3 Å². The Kier molecular flexibility index (Phi) is 4.07. The normalized spacial score (nSPS) is 16.6. The maximum atomic E-state index is 12.0. The number of hydrogen-bond acceptors (Lipinski definition) is 4. The molecule has 0 atom stereocenters. The van der Waals surface area contributed by atoms with Gasteiger partial charge in [-0.25, -0.2) is 5.06 Å². The number of hydroxylamine groups is 2. The highest BCUT2D eigenvalue weighted by molar-refractivity contribution is 5.77. The molecule has 1 amide bonds. The lowest BCUT2D eigenvalue weighted by Crippen LogP contribution is -2.50. The Hall–Kier alpha value is -1.59. The van der Waals surface area contributed by atoms with Crippen LogP contribution in [-0.4, -0.2) is 45.4 Å². The minimum atomic E-state index is -0.225. The predicted molar refractivity (Wildman–Crippen MR) is 72.9 cm³/mol. The third-order valence-corrected chi connectivity index (χ3v) is 3.64. The molecule has 0 saturated carbocycles. The summed E-state index contributed by atoms with van der Waals surface area (Å²) in [7, 11) is 5.00. The molecule has 19 heavy (non-hydrogen) atoms. The van der Waals surface area contributed by atoms with Gasteiger partial charge >= 0.3 is 0 Å². The Morgan fingerprint density at radius 3 is 2.79 bits per heavy atom. The number of nitrogens with one attached hydrogen (secondary N) is 1. The maximum Gasteiger partial charge on any atom is 0.246 e. The van der Waals surface area contributed by atoms with Gasteiger partial charge in [0.05, 0.1) is 25.7 Å². The van der Waals surface area contributed by atoms with Crippen molar-refractivity contribution in [2.45, 2.75) is 11.8 Å². The number of rotatable bonds is 5. The average molecular weight is 264 g/mol. The van der Waals surface area contributed by atoms with Gasteiger partial charge in [-0.05, 0) is 17.7 Å². The summed E-state index contributed by atoms with van der Waals surface area (Å²) < 4.78 is 5.35. The fourth-order valence-electron chi connectivity index (χ4n) is 2.23. The lowest BCUT2D eigenvalue weighted by Gasteiger charge is -2.42. The van der Waals surface area contributed by atoms with E-state index >= 15 is 0 Å². The maximum absolute atomic E-state index is 12.0. The standard InChI is InChI=1S/C14H20N2O3/c1-15-12-6-4-5-11(7-12)14(9-19-10-14)8-13(17)16(2)18-3/h4-7,15H,8-10H2,1-3H3. The van der Waals surface area contributed by atoms with Crippen molar-refractivity contribution < 1.29 is 14.4 Å². The summed E-state index contributed by atoms with van der Waals surface area (Å²) in [6.07, 6.45) is 0.393. The van der Waals surface area contributed by atoms with Gasteiger partial charge in [0.1, 0.15) is 0 Å². The third kappa shape index (κ3) is 2.72. The second-order valence-electron chi connectivity index (χ2n) is 4.85. The molecule has 1 aliphatic rings. The molecule has 0 spiro atoms. The summed E-state index contributed by atoms with van der Waals surface area (Å²) in [4.78, 5) is 17.0. The number of amides is 1. The van der Waals surface area contributed by atoms with Crippen LogP contribution in [0.5, 0.6) is 0 Å². The molecule has 0 radical (unpaired) electrons. The molecule has 0 bridgehead atoms. The van der Waals surface area contributed by atoms with Gasteiger partial charge in [-0.15, -0.1) is 0 Å². The average Bonchev–Trinajstić information content (AvgIpc) is 2.41. The number of carbonyl (C=O) groups excluding carboxylic acids is 1. The van der Waals surface area contributed by atoms with Crippen LogP contribution in [0.15, 0.2) is 24.3 Å². The Labute approximate surface area is 113 Å². The van der Waals surface area contributed by atoms with E-state index in [9.17, 15) is 4.79 Å². The van der Waals surface area contributed by atoms with Gasteiger partial charge in [0, 0.05) is 26.2 Å². The first-order valence-corrected chi connectivity index (χ1v) is 6.28. The van der Waals surface area contributed by atoms with Crippen LogP contribution in [0, 0.1) is 0 Å². The molecule has 0 aliphatic carbocycles. The van der Waals surface area contributed by atoms with Gasteiger partial charge in [-0.1, -0.05) is 12.1 Å². The fourth-order valence-corrected chi connectivity index (χ4v) is 2.23. The number of anilines is 1. The molecule has 1 heterocycles. The van der Waals surface area contributed by atoms with Crippen LogP contribution in [-0.2, 0) is 19.8 Å². The van der Waals surface area contributed by atoms with E-state index in [1.807, 2.05) is 25.2 Å². The SMILES string of the molecule is CNc1cccc(C2(CC(=O)N(C)OC)COC2)c1. The van der Waals surface area contributed by atoms with Crippen molar-refractivity contribution in [2.24, 2.45) is 0 Å². The second-order valence-corrected chi connectivity index (χ2v) is 4.85. The lowest BCUT2D eigenvalue weighted by molar-refractivity contribution is -0.175. The van der Waals surface area contributed by atoms with Crippen LogP contribution in [0.4, 0.5) is 5.69 Å². The Bertz CT molecular complexity index is 458. The smallest absolute Gasteiger partial charge is 0.246 e. The van der Waals surface area contributed by atoms with E-state index in [1.165, 1.54) is 12.2 Å². The number of carbonyl (C=O) groups is 1. The monoisotopic (exact) mass is 264 g/mol. The molecule has 1 aliphatic heterocycles. The first kappa shape index (κ1) is 13.8. The van der Waals surface area contributed by atoms with E-state index in [2.05, 4.69) is 11.4 Å². The summed E-state index contributed by atoms with van der Waals surface area (Å²) in [5.41, 5.74) is 1.94. The number of nitrogens with zero attached hydrogens (tertiary/aromatic N) is 1. The van der Waals surface area contributed by atoms with Crippen molar-refractivity contribution in [3.05, 3.63) is 29.8 Å². The first-order valence-electron chi connectivity index (χ1n) is 6.28. The van der Waals surface area contributed by atoms with Gasteiger partial charge < -0.3 is 10.1 Å². The minimum Gasteiger partial charge on any atom is -0.388 e. The quantitative estimate of drug-likeness (QED) is 0.817. The highest BCUT2D eigenvalue weighted by atomic mass is 16.7. The van der Waals surface area contributed by atoms with E-state index in [4.69, 9.17) is 9.57 Å². The molecule has 0 unspecified atom stereocenters. The number of hydrogen-bond donors (Lipinski definition) is 1. The fraction of sp³-hybridized carbons (Fsp3) is 0.500. The third-order valence-electron chi connectivity index (χ3n) is 3.64. The van der Waals surface area contributed by atoms with E-state index < -0.39 is 0 Å². The molecule has 1 saturated heterocycles. The lowest BCUT2D eigenvalue weighted by atomic mass is 9.75. The van der Waals surface area contributed by atoms with Crippen molar-refractivity contribution in [3.8, 4) is 0 Å². The zero-order valence-corrected chi connectivity index (χ0v) is 11.6. The predicted octanol–water partition coefficient (Wildman–Crippen LogP) is 1.41. The Balaban J connectivity index is 2.20. The van der Waals surface area contributed by atoms with Crippen molar-refractivity contribution in [3.63, 3.8) is 0 Å². The Morgan fingerprint density at radius 1 is 1.53 bits per heavy atom. The summed E-state index contributed by atoms with van der Waals surface area (Å²) >= 11 is 0. The van der Waals surface area contributed by atoms with Crippen LogP contribution in [0.25, 0.3) is 0 Å². The van der Waals surface area contributed by atoms with Crippen LogP contribution in [0.3, 0.4) is 0 Å². The molecular formula is C14H20N2O3. The van der Waals surface area contributed by atoms with Crippen molar-refractivity contribution in [1.82, 2.24) is 5.06 Å². The molecule has 1 fully saturated rings. The van der Waals surface area contributed by atoms with Crippen LogP contribution >= 0.6 is 0 Å². The van der Waals surface area contributed by atoms with Gasteiger partial charge in [-0.2, -0.15) is 0 Å². The molecule has 5 heteroatoms. The van der Waals surface area contributed by atoms with Gasteiger partial charge in [0.25, 0.3) is 0 Å². The molecule has 0 aromatic heterocycles. The molecule has 1 N–H and O–H groups in total. The Morgan fingerprint density at radius 2 is 2.26 bits per heavy atom. The highest BCUT2D eigenvalue weighted by Gasteiger charge is 2.43. The number of ether oxygens (including phenoxy) is 1. The summed E-state index contributed by atoms with van der Waals surface area (Å²) in [6, 6.07) is 8.11. The first-order chi connectivity index (χ1) is 9.11. The second kappa shape index (κ2) is 5.59. The van der Waals surface area contributed by atoms with Gasteiger partial charge in [-0.3, -0.25) is 9.63 Å². The van der Waals surface area contributed by atoms with E-state index in [1.54, 1.807) is 7.05 Å². The van der Waals surface area contributed by atoms with E-state index in [0.717, 1.165) is 11.3 Å². The zero-order chi connectivity index (χ0) is 13.9. The summed E-state index contributed by atoms with van der Waals surface area (Å²) in [5.74, 6) is -0.0411. The highest BCUT2D eigenvalue weighted by Crippen LogP contribution is 2.37. The summed E-state index contributed by atoms with van der Waals surface area (Å²) in [5, 5.41) is 4.38. The summed E-state index contributed by atoms with van der Waals surface area (Å²) in [6.45, 7) is 1.15. The molecule has 2 rings (SSSR count). The van der Waals surface area contributed by atoms with Crippen LogP contribution < -0.4 is 5.32 Å². The molecule has 1 aromatic rings. The van der Waals surface area contributed by atoms with Crippen molar-refractivity contribution >= 4 is 11.6 Å². The topological polar surface area (TPSA) is 50.8 Å². The van der Waals surface area contributed by atoms with Crippen molar-refractivity contribution in [1.29, 1.82) is 0 Å². The largest absolute Gasteiger partial charge is 0.388 e. The zero-order valence-electron chi connectivity index (χ0n) is 11.6. The minimum absolute atomic E-state index is 0.0411. The van der Waals surface area contributed by atoms with Crippen molar-refractivity contribution in [2.75, 3.05) is 39.7 Å². The van der Waals surface area contributed by atoms with E-state index in [0.29, 0.717) is 19.6 Å². The van der Waals surface area contributed by atoms with Gasteiger partial charge in [0.15, 0.2) is 0 Å². The van der Waals surface area contributed by atoms with Gasteiger partial charge in [0.2, 0.25) is 5.91 Å².